The first-order valence-corrected chi connectivity index (χ1v) is 10.2. The molecule has 0 saturated heterocycles. The summed E-state index contributed by atoms with van der Waals surface area (Å²) in [5, 5.41) is 26.6. The Balaban J connectivity index is 0.00000225. The molecule has 0 amide bonds. The van der Waals surface area contributed by atoms with Crippen molar-refractivity contribution < 1.29 is 5.11 Å². The highest BCUT2D eigenvalue weighted by Crippen LogP contribution is 2.29. The molecule has 1 aromatic carbocycles. The number of halogens is 1. The van der Waals surface area contributed by atoms with Crippen molar-refractivity contribution in [3.8, 4) is 0 Å². The predicted molar refractivity (Wildman–Crippen MR) is 123 cm³/mol. The van der Waals surface area contributed by atoms with Gasteiger partial charge in [-0.25, -0.2) is 4.99 Å². The van der Waals surface area contributed by atoms with Gasteiger partial charge in [-0.05, 0) is 30.9 Å². The second kappa shape index (κ2) is 9.66. The van der Waals surface area contributed by atoms with Gasteiger partial charge in [0.15, 0.2) is 11.8 Å². The van der Waals surface area contributed by atoms with E-state index in [4.69, 9.17) is 0 Å². The summed E-state index contributed by atoms with van der Waals surface area (Å²) >= 11 is 1.62. The lowest BCUT2D eigenvalue weighted by atomic mass is 10.2. The largest absolute Gasteiger partial charge is 0.386 e. The van der Waals surface area contributed by atoms with Crippen LogP contribution < -0.4 is 10.6 Å². The summed E-state index contributed by atoms with van der Waals surface area (Å²) in [6.07, 6.45) is 1.54. The average molecular weight is 512 g/mol. The van der Waals surface area contributed by atoms with Crippen molar-refractivity contribution in [1.29, 1.82) is 0 Å². The maximum Gasteiger partial charge on any atom is 0.191 e. The number of aliphatic hydroxyl groups is 1. The van der Waals surface area contributed by atoms with Gasteiger partial charge in [-0.3, -0.25) is 0 Å². The summed E-state index contributed by atoms with van der Waals surface area (Å²) < 4.78 is 3.34. The highest BCUT2D eigenvalue weighted by atomic mass is 127. The SMILES string of the molecule is CCNC(=NCc1nnc2n1CCC2)NCC(O)c1cc2ccccc2s1.I. The van der Waals surface area contributed by atoms with Gasteiger partial charge in [0.1, 0.15) is 18.5 Å². The van der Waals surface area contributed by atoms with E-state index in [1.165, 1.54) is 4.70 Å². The minimum absolute atomic E-state index is 0. The van der Waals surface area contributed by atoms with Crippen LogP contribution in [-0.4, -0.2) is 38.9 Å². The Morgan fingerprint density at radius 3 is 3.00 bits per heavy atom. The molecule has 0 aliphatic carbocycles. The van der Waals surface area contributed by atoms with Gasteiger partial charge in [0.05, 0.1) is 0 Å². The third-order valence-electron chi connectivity index (χ3n) is 4.64. The lowest BCUT2D eigenvalue weighted by Crippen LogP contribution is -2.39. The molecule has 0 spiro atoms. The van der Waals surface area contributed by atoms with Gasteiger partial charge in [-0.1, -0.05) is 18.2 Å². The second-order valence-electron chi connectivity index (χ2n) is 6.57. The molecule has 0 radical (unpaired) electrons. The van der Waals surface area contributed by atoms with E-state index in [-0.39, 0.29) is 24.0 Å². The number of aliphatic imine (C=N–C) groups is 1. The normalized spacial score (nSPS) is 14.6. The molecule has 1 aliphatic rings. The third-order valence-corrected chi connectivity index (χ3v) is 5.86. The molecular formula is C19H25IN6OS. The summed E-state index contributed by atoms with van der Waals surface area (Å²) in [6.45, 7) is 4.62. The Morgan fingerprint density at radius 2 is 2.18 bits per heavy atom. The molecule has 0 bridgehead atoms. The van der Waals surface area contributed by atoms with Crippen LogP contribution in [0, 0.1) is 0 Å². The lowest BCUT2D eigenvalue weighted by molar-refractivity contribution is 0.184. The van der Waals surface area contributed by atoms with Crippen LogP contribution in [-0.2, 0) is 19.5 Å². The third kappa shape index (κ3) is 4.64. The Hall–Kier alpha value is -1.72. The molecule has 1 unspecified atom stereocenters. The van der Waals surface area contributed by atoms with Gasteiger partial charge in [0.2, 0.25) is 0 Å². The van der Waals surface area contributed by atoms with Crippen LogP contribution in [0.15, 0.2) is 35.3 Å². The van der Waals surface area contributed by atoms with Gasteiger partial charge in [0, 0.05) is 35.6 Å². The van der Waals surface area contributed by atoms with E-state index in [1.807, 2.05) is 19.1 Å². The number of fused-ring (bicyclic) bond motifs is 2. The van der Waals surface area contributed by atoms with Gasteiger partial charge in [-0.15, -0.1) is 45.5 Å². The number of rotatable bonds is 6. The first kappa shape index (κ1) is 21.0. The number of benzene rings is 1. The van der Waals surface area contributed by atoms with Crippen LogP contribution in [0.25, 0.3) is 10.1 Å². The smallest absolute Gasteiger partial charge is 0.191 e. The maximum absolute atomic E-state index is 10.6. The van der Waals surface area contributed by atoms with E-state index in [0.29, 0.717) is 19.0 Å². The van der Waals surface area contributed by atoms with Crippen LogP contribution in [0.2, 0.25) is 0 Å². The molecule has 3 aromatic rings. The van der Waals surface area contributed by atoms with Crippen LogP contribution in [0.1, 0.15) is 36.0 Å². The summed E-state index contributed by atoms with van der Waals surface area (Å²) in [5.74, 6) is 2.62. The quantitative estimate of drug-likeness (QED) is 0.269. The zero-order valence-corrected chi connectivity index (χ0v) is 18.9. The highest BCUT2D eigenvalue weighted by Gasteiger charge is 2.17. The first-order chi connectivity index (χ1) is 13.2. The Labute approximate surface area is 185 Å². The Bertz CT molecular complexity index is 920. The standard InChI is InChI=1S/C19H24N6OS.HI/c1-2-20-19(22-12-18-24-23-17-8-5-9-25(17)18)21-11-14(26)16-10-13-6-3-4-7-15(13)27-16;/h3-4,6-7,10,14,26H,2,5,8-9,11-12H2,1H3,(H2,20,21,22);1H. The van der Waals surface area contributed by atoms with Gasteiger partial charge in [-0.2, -0.15) is 0 Å². The minimum Gasteiger partial charge on any atom is -0.386 e. The number of aromatic nitrogens is 3. The van der Waals surface area contributed by atoms with Crippen LogP contribution in [0.4, 0.5) is 0 Å². The monoisotopic (exact) mass is 512 g/mol. The van der Waals surface area contributed by atoms with Crippen molar-refractivity contribution in [3.05, 3.63) is 46.9 Å². The number of guanidine groups is 1. The summed E-state index contributed by atoms with van der Waals surface area (Å²) in [6, 6.07) is 10.2. The zero-order valence-electron chi connectivity index (χ0n) is 15.8. The van der Waals surface area contributed by atoms with E-state index in [9.17, 15) is 5.11 Å². The molecule has 9 heteroatoms. The van der Waals surface area contributed by atoms with E-state index < -0.39 is 6.10 Å². The first-order valence-electron chi connectivity index (χ1n) is 9.34. The molecular weight excluding hydrogens is 487 g/mol. The summed E-state index contributed by atoms with van der Waals surface area (Å²) in [7, 11) is 0. The van der Waals surface area contributed by atoms with Crippen molar-refractivity contribution in [1.82, 2.24) is 25.4 Å². The summed E-state index contributed by atoms with van der Waals surface area (Å²) in [4.78, 5) is 5.56. The fraction of sp³-hybridized carbons (Fsp3) is 0.421. The Morgan fingerprint density at radius 1 is 1.32 bits per heavy atom. The van der Waals surface area contributed by atoms with Gasteiger partial charge >= 0.3 is 0 Å². The molecule has 1 atom stereocenters. The molecule has 3 N–H and O–H groups in total. The lowest BCUT2D eigenvalue weighted by Gasteiger charge is -2.14. The van der Waals surface area contributed by atoms with Crippen molar-refractivity contribution in [2.75, 3.05) is 13.1 Å². The second-order valence-corrected chi connectivity index (χ2v) is 7.68. The number of hydrogen-bond donors (Lipinski definition) is 3. The molecule has 0 fully saturated rings. The summed E-state index contributed by atoms with van der Waals surface area (Å²) in [5.41, 5.74) is 0. The van der Waals surface area contributed by atoms with E-state index in [0.717, 1.165) is 47.8 Å². The molecule has 28 heavy (non-hydrogen) atoms. The number of nitrogens with one attached hydrogen (secondary N) is 2. The van der Waals surface area contributed by atoms with E-state index in [1.54, 1.807) is 11.3 Å². The van der Waals surface area contributed by atoms with Crippen molar-refractivity contribution in [2.45, 2.75) is 39.0 Å². The molecule has 3 heterocycles. The van der Waals surface area contributed by atoms with Gasteiger partial charge < -0.3 is 20.3 Å². The Kier molecular flexibility index (Phi) is 7.24. The molecule has 2 aromatic heterocycles. The van der Waals surface area contributed by atoms with Crippen LogP contribution in [0.5, 0.6) is 0 Å². The molecule has 0 saturated carbocycles. The topological polar surface area (TPSA) is 87.4 Å². The fourth-order valence-corrected chi connectivity index (χ4v) is 4.33. The molecule has 7 nitrogen and oxygen atoms in total. The number of thiophene rings is 1. The predicted octanol–water partition coefficient (Wildman–Crippen LogP) is 2.85. The number of hydrogen-bond acceptors (Lipinski definition) is 5. The number of nitrogens with zero attached hydrogens (tertiary/aromatic N) is 4. The molecule has 4 rings (SSSR count). The van der Waals surface area contributed by atoms with Crippen molar-refractivity contribution in [3.63, 3.8) is 0 Å². The van der Waals surface area contributed by atoms with Crippen LogP contribution in [0.3, 0.4) is 0 Å². The van der Waals surface area contributed by atoms with E-state index >= 15 is 0 Å². The molecule has 150 valence electrons. The van der Waals surface area contributed by atoms with Crippen molar-refractivity contribution >= 4 is 51.4 Å². The average Bonchev–Trinajstić information content (AvgIpc) is 3.39. The highest BCUT2D eigenvalue weighted by molar-refractivity contribution is 14.0. The number of aryl methyl sites for hydroxylation is 1. The van der Waals surface area contributed by atoms with Crippen LogP contribution >= 0.6 is 35.3 Å². The van der Waals surface area contributed by atoms with Crippen molar-refractivity contribution in [2.24, 2.45) is 4.99 Å². The minimum atomic E-state index is -0.580. The molecule has 1 aliphatic heterocycles. The number of aliphatic hydroxyl groups excluding tert-OH is 1. The zero-order chi connectivity index (χ0) is 18.6. The van der Waals surface area contributed by atoms with E-state index in [2.05, 4.69) is 48.6 Å². The van der Waals surface area contributed by atoms with Gasteiger partial charge in [0.25, 0.3) is 0 Å². The fourth-order valence-electron chi connectivity index (χ4n) is 3.28. The maximum atomic E-state index is 10.6.